The monoisotopic (exact) mass is 203 g/mol. The van der Waals surface area contributed by atoms with Crippen LogP contribution in [0.3, 0.4) is 0 Å². The summed E-state index contributed by atoms with van der Waals surface area (Å²) in [6, 6.07) is 0. The molecule has 0 N–H and O–H groups in total. The van der Waals surface area contributed by atoms with E-state index in [9.17, 15) is 0 Å². The fourth-order valence-electron chi connectivity index (χ4n) is 2.38. The Morgan fingerprint density at radius 2 is 1.54 bits per heavy atom. The fourth-order valence-corrected chi connectivity index (χ4v) is 2.57. The summed E-state index contributed by atoms with van der Waals surface area (Å²) < 4.78 is 5.40. The average Bonchev–Trinajstić information content (AvgIpc) is 1.99. The molecule has 13 heavy (non-hydrogen) atoms. The number of rotatable bonds is 1. The van der Waals surface area contributed by atoms with Crippen LogP contribution in [-0.2, 0) is 4.52 Å². The predicted octanol–water partition coefficient (Wildman–Crippen LogP) is 2.44. The molecule has 1 heterocycles. The molecule has 0 aliphatic carbocycles. The van der Waals surface area contributed by atoms with Gasteiger partial charge < -0.3 is 4.52 Å². The van der Waals surface area contributed by atoms with Crippen molar-refractivity contribution in [3.05, 3.63) is 0 Å². The molecule has 0 saturated carbocycles. The van der Waals surface area contributed by atoms with Gasteiger partial charge in [0.1, 0.15) is 0 Å². The summed E-state index contributed by atoms with van der Waals surface area (Å²) in [6.45, 7) is 9.13. The highest BCUT2D eigenvalue weighted by atomic mass is 31.0. The lowest BCUT2D eigenvalue weighted by Crippen LogP contribution is -2.59. The molecular formula is C10H22NOP. The molecule has 1 aliphatic rings. The summed E-state index contributed by atoms with van der Waals surface area (Å²) in [5, 5.41) is 0. The average molecular weight is 203 g/mol. The smallest absolute Gasteiger partial charge is 0.0645 e. The first kappa shape index (κ1) is 11.4. The van der Waals surface area contributed by atoms with Crippen molar-refractivity contribution in [2.75, 3.05) is 7.05 Å². The van der Waals surface area contributed by atoms with Crippen LogP contribution in [0.4, 0.5) is 0 Å². The summed E-state index contributed by atoms with van der Waals surface area (Å²) in [5.41, 5.74) is 0.478. The SMILES string of the molecule is CN1C(C)(C)CC(OP)CC1(C)C. The Bertz CT molecular complexity index is 173. The van der Waals surface area contributed by atoms with Crippen LogP contribution in [0.5, 0.6) is 0 Å². The Labute approximate surface area is 84.3 Å². The maximum Gasteiger partial charge on any atom is 0.0645 e. The van der Waals surface area contributed by atoms with Crippen LogP contribution in [0.15, 0.2) is 0 Å². The van der Waals surface area contributed by atoms with E-state index in [-0.39, 0.29) is 11.1 Å². The van der Waals surface area contributed by atoms with Gasteiger partial charge in [-0.1, -0.05) is 0 Å². The van der Waals surface area contributed by atoms with Gasteiger partial charge in [-0.3, -0.25) is 4.90 Å². The van der Waals surface area contributed by atoms with E-state index in [1.165, 1.54) is 0 Å². The molecule has 0 bridgehead atoms. The van der Waals surface area contributed by atoms with Crippen molar-refractivity contribution < 1.29 is 4.52 Å². The Balaban J connectivity index is 2.82. The minimum atomic E-state index is 0.239. The van der Waals surface area contributed by atoms with Crippen molar-refractivity contribution in [1.29, 1.82) is 0 Å². The molecule has 78 valence electrons. The molecular weight excluding hydrogens is 181 g/mol. The highest BCUT2D eigenvalue weighted by molar-refractivity contribution is 7.09. The molecule has 1 rings (SSSR count). The summed E-state index contributed by atoms with van der Waals surface area (Å²) in [7, 11) is 4.60. The molecule has 3 heteroatoms. The van der Waals surface area contributed by atoms with E-state index in [0.29, 0.717) is 6.10 Å². The van der Waals surface area contributed by atoms with Crippen molar-refractivity contribution in [3.8, 4) is 0 Å². The van der Waals surface area contributed by atoms with E-state index in [1.54, 1.807) is 0 Å². The van der Waals surface area contributed by atoms with Crippen molar-refractivity contribution in [1.82, 2.24) is 4.90 Å². The first-order valence-electron chi connectivity index (χ1n) is 4.89. The largest absolute Gasteiger partial charge is 0.362 e. The number of nitrogens with zero attached hydrogens (tertiary/aromatic N) is 1. The first-order valence-corrected chi connectivity index (χ1v) is 5.36. The predicted molar refractivity (Wildman–Crippen MR) is 59.7 cm³/mol. The Morgan fingerprint density at radius 1 is 1.15 bits per heavy atom. The molecule has 1 saturated heterocycles. The van der Waals surface area contributed by atoms with Crippen LogP contribution in [0.2, 0.25) is 0 Å². The topological polar surface area (TPSA) is 12.5 Å². The third-order valence-electron chi connectivity index (χ3n) is 3.46. The number of likely N-dealkylation sites (tertiary alicyclic amines) is 1. The first-order chi connectivity index (χ1) is 5.79. The van der Waals surface area contributed by atoms with E-state index in [0.717, 1.165) is 12.8 Å². The third kappa shape index (κ3) is 2.23. The van der Waals surface area contributed by atoms with Gasteiger partial charge in [0, 0.05) is 20.5 Å². The third-order valence-corrected chi connectivity index (χ3v) is 3.85. The van der Waals surface area contributed by atoms with Gasteiger partial charge in [-0.15, -0.1) is 0 Å². The lowest BCUT2D eigenvalue weighted by atomic mass is 9.79. The van der Waals surface area contributed by atoms with Crippen LogP contribution in [0.25, 0.3) is 0 Å². The standard InChI is InChI=1S/C10H22NOP/c1-9(2)6-8(12-13)7-10(3,4)11(9)5/h8H,6-7,13H2,1-5H3. The second-order valence-corrected chi connectivity index (χ2v) is 5.62. The van der Waals surface area contributed by atoms with Crippen molar-refractivity contribution in [3.63, 3.8) is 0 Å². The molecule has 0 radical (unpaired) electrons. The Hall–Kier alpha value is 0.350. The zero-order valence-electron chi connectivity index (χ0n) is 9.42. The van der Waals surface area contributed by atoms with Gasteiger partial charge in [0.15, 0.2) is 0 Å². The van der Waals surface area contributed by atoms with Crippen LogP contribution in [0.1, 0.15) is 40.5 Å². The van der Waals surface area contributed by atoms with Gasteiger partial charge in [0.05, 0.1) is 6.10 Å². The summed E-state index contributed by atoms with van der Waals surface area (Å²) in [6.07, 6.45) is 2.60. The zero-order valence-corrected chi connectivity index (χ0v) is 10.6. The van der Waals surface area contributed by atoms with E-state index < -0.39 is 0 Å². The number of piperidine rings is 1. The zero-order chi connectivity index (χ0) is 10.3. The second kappa shape index (κ2) is 3.49. The van der Waals surface area contributed by atoms with E-state index in [4.69, 9.17) is 4.52 Å². The van der Waals surface area contributed by atoms with Gasteiger partial charge >= 0.3 is 0 Å². The fraction of sp³-hybridized carbons (Fsp3) is 1.00. The molecule has 0 aromatic rings. The normalized spacial score (nSPS) is 29.1. The number of hydrogen-bond donors (Lipinski definition) is 0. The van der Waals surface area contributed by atoms with Crippen LogP contribution in [-0.4, -0.2) is 29.1 Å². The molecule has 1 unspecified atom stereocenters. The van der Waals surface area contributed by atoms with Crippen LogP contribution in [0, 0.1) is 0 Å². The van der Waals surface area contributed by atoms with E-state index in [1.807, 2.05) is 0 Å². The lowest BCUT2D eigenvalue weighted by Gasteiger charge is -2.53. The van der Waals surface area contributed by atoms with E-state index >= 15 is 0 Å². The van der Waals surface area contributed by atoms with Crippen molar-refractivity contribution in [2.45, 2.75) is 57.7 Å². The maximum atomic E-state index is 5.40. The summed E-state index contributed by atoms with van der Waals surface area (Å²) in [5.74, 6) is 0. The summed E-state index contributed by atoms with van der Waals surface area (Å²) in [4.78, 5) is 2.46. The lowest BCUT2D eigenvalue weighted by molar-refractivity contribution is -0.0511. The maximum absolute atomic E-state index is 5.40. The molecule has 0 amide bonds. The second-order valence-electron chi connectivity index (χ2n) is 5.35. The van der Waals surface area contributed by atoms with E-state index in [2.05, 4.69) is 49.1 Å². The molecule has 2 nitrogen and oxygen atoms in total. The minimum Gasteiger partial charge on any atom is -0.362 e. The summed E-state index contributed by atoms with van der Waals surface area (Å²) >= 11 is 0. The Kier molecular flexibility index (Phi) is 3.07. The Morgan fingerprint density at radius 3 is 1.85 bits per heavy atom. The van der Waals surface area contributed by atoms with Gasteiger partial charge in [-0.25, -0.2) is 0 Å². The highest BCUT2D eigenvalue weighted by Crippen LogP contribution is 2.38. The van der Waals surface area contributed by atoms with Gasteiger partial charge in [-0.2, -0.15) is 0 Å². The molecule has 1 fully saturated rings. The van der Waals surface area contributed by atoms with Crippen LogP contribution < -0.4 is 0 Å². The highest BCUT2D eigenvalue weighted by Gasteiger charge is 2.42. The minimum absolute atomic E-state index is 0.239. The van der Waals surface area contributed by atoms with Crippen molar-refractivity contribution in [2.24, 2.45) is 0 Å². The van der Waals surface area contributed by atoms with Gasteiger partial charge in [0.25, 0.3) is 0 Å². The van der Waals surface area contributed by atoms with Gasteiger partial charge in [0.2, 0.25) is 0 Å². The molecule has 1 aliphatic heterocycles. The molecule has 0 spiro atoms. The quantitative estimate of drug-likeness (QED) is 0.607. The van der Waals surface area contributed by atoms with Crippen LogP contribution >= 0.6 is 9.47 Å². The van der Waals surface area contributed by atoms with Crippen molar-refractivity contribution >= 4 is 9.47 Å². The molecule has 0 aromatic carbocycles. The van der Waals surface area contributed by atoms with Gasteiger partial charge in [-0.05, 0) is 47.6 Å². The molecule has 0 aromatic heterocycles. The number of hydrogen-bond acceptors (Lipinski definition) is 2. The molecule has 1 atom stereocenters.